The van der Waals surface area contributed by atoms with E-state index in [1.165, 1.54) is 6.07 Å². The van der Waals surface area contributed by atoms with Crippen LogP contribution in [0.1, 0.15) is 41.6 Å². The second kappa shape index (κ2) is 8.84. The Morgan fingerprint density at radius 2 is 1.77 bits per heavy atom. The molecule has 0 atom stereocenters. The average molecular weight is 477 g/mol. The van der Waals surface area contributed by atoms with Gasteiger partial charge in [-0.05, 0) is 55.5 Å². The molecule has 1 heterocycles. The van der Waals surface area contributed by atoms with Gasteiger partial charge in [-0.3, -0.25) is 9.59 Å². The van der Waals surface area contributed by atoms with Crippen LogP contribution in [0.4, 0.5) is 8.78 Å². The highest BCUT2D eigenvalue weighted by Crippen LogP contribution is 2.32. The van der Waals surface area contributed by atoms with E-state index in [0.717, 1.165) is 35.0 Å². The molecule has 2 aromatic rings. The first kappa shape index (κ1) is 21.0. The van der Waals surface area contributed by atoms with Crippen molar-refractivity contribution in [3.63, 3.8) is 0 Å². The van der Waals surface area contributed by atoms with E-state index >= 15 is 0 Å². The lowest BCUT2D eigenvalue weighted by atomic mass is 9.94. The summed E-state index contributed by atoms with van der Waals surface area (Å²) in [6.07, 6.45) is 3.16. The van der Waals surface area contributed by atoms with E-state index in [1.807, 2.05) is 29.2 Å². The molecule has 0 spiro atoms. The summed E-state index contributed by atoms with van der Waals surface area (Å²) < 4.78 is 28.0. The lowest BCUT2D eigenvalue weighted by Gasteiger charge is -2.34. The van der Waals surface area contributed by atoms with Crippen LogP contribution < -0.4 is 0 Å². The zero-order valence-electron chi connectivity index (χ0n) is 16.5. The molecule has 2 aliphatic rings. The van der Waals surface area contributed by atoms with E-state index in [2.05, 4.69) is 15.9 Å². The molecule has 4 rings (SSSR count). The van der Waals surface area contributed by atoms with E-state index in [1.54, 1.807) is 4.90 Å². The number of piperidine rings is 1. The van der Waals surface area contributed by atoms with Crippen molar-refractivity contribution < 1.29 is 18.4 Å². The fourth-order valence-corrected chi connectivity index (χ4v) is 4.45. The van der Waals surface area contributed by atoms with E-state index < -0.39 is 17.5 Å². The summed E-state index contributed by atoms with van der Waals surface area (Å²) in [5, 5.41) is 0. The summed E-state index contributed by atoms with van der Waals surface area (Å²) in [5.74, 6) is -2.02. The SMILES string of the molecule is O=C(c1ccc(F)cc1F)N1CCC(C(=O)N(Cc2cccc(Br)c2)C2CC2)CC1. The molecule has 1 aliphatic carbocycles. The Morgan fingerprint density at radius 3 is 2.40 bits per heavy atom. The van der Waals surface area contributed by atoms with Crippen molar-refractivity contribution in [2.24, 2.45) is 5.92 Å². The molecule has 1 aliphatic heterocycles. The van der Waals surface area contributed by atoms with Gasteiger partial charge >= 0.3 is 0 Å². The molecule has 30 heavy (non-hydrogen) atoms. The molecular weight excluding hydrogens is 454 g/mol. The van der Waals surface area contributed by atoms with Gasteiger partial charge < -0.3 is 9.80 Å². The van der Waals surface area contributed by atoms with Crippen molar-refractivity contribution in [2.45, 2.75) is 38.3 Å². The van der Waals surface area contributed by atoms with Crippen LogP contribution in [-0.4, -0.2) is 40.7 Å². The molecule has 2 aromatic carbocycles. The van der Waals surface area contributed by atoms with Crippen LogP contribution in [0, 0.1) is 17.6 Å². The molecule has 0 unspecified atom stereocenters. The number of benzene rings is 2. The fourth-order valence-electron chi connectivity index (χ4n) is 4.00. The molecule has 0 aromatic heterocycles. The largest absolute Gasteiger partial charge is 0.339 e. The third-order valence-corrected chi connectivity index (χ3v) is 6.30. The topological polar surface area (TPSA) is 40.6 Å². The highest BCUT2D eigenvalue weighted by molar-refractivity contribution is 9.10. The minimum atomic E-state index is -0.855. The maximum absolute atomic E-state index is 13.9. The first-order chi connectivity index (χ1) is 14.4. The number of hydrogen-bond donors (Lipinski definition) is 0. The normalized spacial score (nSPS) is 17.1. The van der Waals surface area contributed by atoms with E-state index in [9.17, 15) is 18.4 Å². The Labute approximate surface area is 183 Å². The summed E-state index contributed by atoms with van der Waals surface area (Å²) >= 11 is 3.48. The number of nitrogens with zero attached hydrogens (tertiary/aromatic N) is 2. The van der Waals surface area contributed by atoms with Crippen LogP contribution in [0.15, 0.2) is 46.9 Å². The lowest BCUT2D eigenvalue weighted by Crippen LogP contribution is -2.45. The van der Waals surface area contributed by atoms with Gasteiger partial charge in [-0.2, -0.15) is 0 Å². The van der Waals surface area contributed by atoms with E-state index in [4.69, 9.17) is 0 Å². The quantitative estimate of drug-likeness (QED) is 0.623. The Kier molecular flexibility index (Phi) is 6.18. The van der Waals surface area contributed by atoms with Crippen molar-refractivity contribution >= 4 is 27.7 Å². The number of carbonyl (C=O) groups excluding carboxylic acids is 2. The van der Waals surface area contributed by atoms with Crippen molar-refractivity contribution in [2.75, 3.05) is 13.1 Å². The Bertz CT molecular complexity index is 956. The van der Waals surface area contributed by atoms with Crippen molar-refractivity contribution in [1.29, 1.82) is 0 Å². The highest BCUT2D eigenvalue weighted by Gasteiger charge is 2.37. The summed E-state index contributed by atoms with van der Waals surface area (Å²) in [4.78, 5) is 29.3. The minimum Gasteiger partial charge on any atom is -0.339 e. The van der Waals surface area contributed by atoms with Crippen LogP contribution in [0.3, 0.4) is 0 Å². The van der Waals surface area contributed by atoms with Gasteiger partial charge in [0.2, 0.25) is 5.91 Å². The summed E-state index contributed by atoms with van der Waals surface area (Å²) in [6, 6.07) is 11.3. The van der Waals surface area contributed by atoms with Crippen LogP contribution in [0.5, 0.6) is 0 Å². The first-order valence-electron chi connectivity index (χ1n) is 10.2. The second-order valence-corrected chi connectivity index (χ2v) is 8.93. The summed E-state index contributed by atoms with van der Waals surface area (Å²) in [7, 11) is 0. The second-order valence-electron chi connectivity index (χ2n) is 8.02. The van der Waals surface area contributed by atoms with Crippen LogP contribution in [-0.2, 0) is 11.3 Å². The highest BCUT2D eigenvalue weighted by atomic mass is 79.9. The van der Waals surface area contributed by atoms with Crippen molar-refractivity contribution in [3.8, 4) is 0 Å². The maximum Gasteiger partial charge on any atom is 0.256 e. The molecule has 0 bridgehead atoms. The fraction of sp³-hybridized carbons (Fsp3) is 0.391. The molecule has 0 N–H and O–H groups in total. The third-order valence-electron chi connectivity index (χ3n) is 5.81. The zero-order valence-corrected chi connectivity index (χ0v) is 18.1. The molecule has 2 fully saturated rings. The molecule has 0 radical (unpaired) electrons. The van der Waals surface area contributed by atoms with E-state index in [-0.39, 0.29) is 17.4 Å². The van der Waals surface area contributed by atoms with Gasteiger partial charge in [-0.15, -0.1) is 0 Å². The first-order valence-corrected chi connectivity index (χ1v) is 11.0. The predicted molar refractivity (Wildman–Crippen MR) is 113 cm³/mol. The molecule has 4 nitrogen and oxygen atoms in total. The van der Waals surface area contributed by atoms with Gasteiger partial charge in [-0.1, -0.05) is 28.1 Å². The Balaban J connectivity index is 1.38. The van der Waals surface area contributed by atoms with Gasteiger partial charge in [0.05, 0.1) is 5.56 Å². The van der Waals surface area contributed by atoms with Crippen LogP contribution in [0.2, 0.25) is 0 Å². The Hall–Kier alpha value is -2.28. The van der Waals surface area contributed by atoms with E-state index in [0.29, 0.717) is 38.5 Å². The van der Waals surface area contributed by atoms with Gasteiger partial charge in [0.25, 0.3) is 5.91 Å². The van der Waals surface area contributed by atoms with Crippen LogP contribution >= 0.6 is 15.9 Å². The standard InChI is InChI=1S/C23H23BrF2N2O2/c24-17-3-1-2-15(12-17)14-28(19-5-6-19)22(29)16-8-10-27(11-9-16)23(30)20-7-4-18(25)13-21(20)26/h1-4,7,12-13,16,19H,5-6,8-11,14H2. The number of hydrogen-bond acceptors (Lipinski definition) is 2. The van der Waals surface area contributed by atoms with Gasteiger partial charge in [0.1, 0.15) is 11.6 Å². The number of rotatable bonds is 5. The smallest absolute Gasteiger partial charge is 0.256 e. The monoisotopic (exact) mass is 476 g/mol. The van der Waals surface area contributed by atoms with Crippen molar-refractivity contribution in [1.82, 2.24) is 9.80 Å². The Morgan fingerprint density at radius 1 is 1.03 bits per heavy atom. The summed E-state index contributed by atoms with van der Waals surface area (Å²) in [5.41, 5.74) is 0.958. The predicted octanol–water partition coefficient (Wildman–Crippen LogP) is 4.77. The third kappa shape index (κ3) is 4.72. The van der Waals surface area contributed by atoms with Gasteiger partial charge in [0.15, 0.2) is 0 Å². The summed E-state index contributed by atoms with van der Waals surface area (Å²) in [6.45, 7) is 1.37. The number of likely N-dealkylation sites (tertiary alicyclic amines) is 1. The molecule has 1 saturated carbocycles. The van der Waals surface area contributed by atoms with Gasteiger partial charge in [0, 0.05) is 42.1 Å². The minimum absolute atomic E-state index is 0.129. The molecule has 2 amide bonds. The molecule has 7 heteroatoms. The molecule has 1 saturated heterocycles. The lowest BCUT2D eigenvalue weighted by molar-refractivity contribution is -0.138. The molecular formula is C23H23BrF2N2O2. The van der Waals surface area contributed by atoms with Crippen LogP contribution in [0.25, 0.3) is 0 Å². The number of amides is 2. The molecule has 158 valence electrons. The average Bonchev–Trinajstić information content (AvgIpc) is 3.56. The number of halogens is 3. The van der Waals surface area contributed by atoms with Crippen molar-refractivity contribution in [3.05, 3.63) is 69.7 Å². The van der Waals surface area contributed by atoms with Gasteiger partial charge in [-0.25, -0.2) is 8.78 Å². The number of carbonyl (C=O) groups is 2. The maximum atomic E-state index is 13.9. The zero-order chi connectivity index (χ0) is 21.3.